The maximum atomic E-state index is 6.21. The molecule has 4 nitrogen and oxygen atoms in total. The summed E-state index contributed by atoms with van der Waals surface area (Å²) in [4.78, 5) is 8.27. The normalized spacial score (nSPS) is 28.3. The van der Waals surface area contributed by atoms with Gasteiger partial charge in [-0.15, -0.1) is 0 Å². The first-order valence-electron chi connectivity index (χ1n) is 13.9. The van der Waals surface area contributed by atoms with Crippen LogP contribution in [0.5, 0.6) is 0 Å². The zero-order chi connectivity index (χ0) is 23.0. The van der Waals surface area contributed by atoms with Crippen LogP contribution in [0, 0.1) is 17.3 Å². The highest BCUT2D eigenvalue weighted by Crippen LogP contribution is 2.51. The molecule has 0 unspecified atom stereocenters. The fraction of sp³-hybridized carbons (Fsp3) is 1.00. The minimum absolute atomic E-state index is 0.0194. The molecule has 186 valence electrons. The molecule has 0 N–H and O–H groups in total. The van der Waals surface area contributed by atoms with Crippen LogP contribution in [0.2, 0.25) is 0 Å². The molecule has 0 aromatic carbocycles. The Bertz CT molecular complexity index is 575. The van der Waals surface area contributed by atoms with Crippen LogP contribution in [-0.2, 0) is 4.74 Å². The van der Waals surface area contributed by atoms with Gasteiger partial charge in [-0.25, -0.2) is 0 Å². The summed E-state index contributed by atoms with van der Waals surface area (Å²) in [5.74, 6) is 1.86. The monoisotopic (exact) mass is 447 g/mol. The highest BCUT2D eigenvalue weighted by Gasteiger charge is 2.47. The molecular formula is C28H53N3O. The quantitative estimate of drug-likeness (QED) is 0.571. The Morgan fingerprint density at radius 1 is 0.688 bits per heavy atom. The maximum Gasteiger partial charge on any atom is 0.0602 e. The van der Waals surface area contributed by atoms with Gasteiger partial charge in [0.2, 0.25) is 0 Å². The van der Waals surface area contributed by atoms with Gasteiger partial charge in [-0.3, -0.25) is 4.90 Å². The standard InChI is InChI=1S/C28H53N3O/c1-26(2,3)31-15-9-24(10-16-31)21-29-13-7-23(8-14-29)22-30-17-11-28(12-18-30)19-25(20-28)32-27(4,5)6/h23-25H,7-22H2,1-6H3. The van der Waals surface area contributed by atoms with Crippen LogP contribution in [-0.4, -0.2) is 84.3 Å². The fourth-order valence-electron chi connectivity index (χ4n) is 6.98. The number of piperidine rings is 3. The average Bonchev–Trinajstić information content (AvgIpc) is 2.68. The Kier molecular flexibility index (Phi) is 7.67. The molecule has 4 fully saturated rings. The number of hydrogen-bond donors (Lipinski definition) is 0. The van der Waals surface area contributed by atoms with E-state index in [1.807, 2.05) is 0 Å². The SMILES string of the molecule is CC(C)(C)OC1CC2(CCN(CC3CCN(CC4CCN(C(C)(C)C)CC4)CC3)CC2)C1. The first-order valence-corrected chi connectivity index (χ1v) is 13.9. The van der Waals surface area contributed by atoms with Crippen molar-refractivity contribution < 1.29 is 4.74 Å². The van der Waals surface area contributed by atoms with Crippen LogP contribution in [0.3, 0.4) is 0 Å². The molecule has 32 heavy (non-hydrogen) atoms. The second-order valence-electron chi connectivity index (χ2n) is 13.9. The predicted octanol–water partition coefficient (Wildman–Crippen LogP) is 5.27. The first-order chi connectivity index (χ1) is 15.0. The summed E-state index contributed by atoms with van der Waals surface area (Å²) in [5.41, 5.74) is 0.988. The molecule has 0 aromatic heterocycles. The van der Waals surface area contributed by atoms with Gasteiger partial charge in [0.1, 0.15) is 0 Å². The highest BCUT2D eigenvalue weighted by atomic mass is 16.5. The second kappa shape index (κ2) is 9.84. The van der Waals surface area contributed by atoms with Gasteiger partial charge < -0.3 is 14.5 Å². The molecule has 0 bridgehead atoms. The van der Waals surface area contributed by atoms with Crippen molar-refractivity contribution in [2.24, 2.45) is 17.3 Å². The molecule has 1 spiro atoms. The predicted molar refractivity (Wildman–Crippen MR) is 135 cm³/mol. The van der Waals surface area contributed by atoms with E-state index in [0.717, 1.165) is 11.8 Å². The molecule has 4 aliphatic rings. The minimum atomic E-state index is 0.0194. The number of nitrogens with zero attached hydrogens (tertiary/aromatic N) is 3. The van der Waals surface area contributed by atoms with Gasteiger partial charge in [0, 0.05) is 18.6 Å². The third kappa shape index (κ3) is 6.71. The van der Waals surface area contributed by atoms with E-state index in [9.17, 15) is 0 Å². The van der Waals surface area contributed by atoms with Gasteiger partial charge >= 0.3 is 0 Å². The van der Waals surface area contributed by atoms with Gasteiger partial charge in [0.05, 0.1) is 11.7 Å². The summed E-state index contributed by atoms with van der Waals surface area (Å²) in [6.45, 7) is 24.3. The molecule has 0 radical (unpaired) electrons. The Morgan fingerprint density at radius 3 is 1.62 bits per heavy atom. The zero-order valence-electron chi connectivity index (χ0n) is 22.3. The average molecular weight is 448 g/mol. The molecule has 0 aromatic rings. The Hall–Kier alpha value is -0.160. The summed E-state index contributed by atoms with van der Waals surface area (Å²) in [5, 5.41) is 0. The molecule has 0 amide bonds. The molecule has 1 aliphatic carbocycles. The van der Waals surface area contributed by atoms with Crippen molar-refractivity contribution >= 4 is 0 Å². The molecule has 4 heteroatoms. The van der Waals surface area contributed by atoms with E-state index in [1.54, 1.807) is 0 Å². The van der Waals surface area contributed by atoms with E-state index in [1.165, 1.54) is 104 Å². The molecule has 1 saturated carbocycles. The zero-order valence-corrected chi connectivity index (χ0v) is 22.3. The lowest BCUT2D eigenvalue weighted by molar-refractivity contribution is -0.156. The molecule has 4 rings (SSSR count). The minimum Gasteiger partial charge on any atom is -0.373 e. The first kappa shape index (κ1) is 24.9. The van der Waals surface area contributed by atoms with Crippen molar-refractivity contribution in [3.05, 3.63) is 0 Å². The van der Waals surface area contributed by atoms with E-state index >= 15 is 0 Å². The van der Waals surface area contributed by atoms with Crippen LogP contribution in [0.15, 0.2) is 0 Å². The molecular weight excluding hydrogens is 394 g/mol. The van der Waals surface area contributed by atoms with Crippen LogP contribution in [0.4, 0.5) is 0 Å². The lowest BCUT2D eigenvalue weighted by Gasteiger charge is -2.53. The van der Waals surface area contributed by atoms with Gasteiger partial charge in [-0.05, 0) is 149 Å². The van der Waals surface area contributed by atoms with E-state index in [-0.39, 0.29) is 5.60 Å². The Labute approximate surface area is 199 Å². The topological polar surface area (TPSA) is 19.0 Å². The number of likely N-dealkylation sites (tertiary alicyclic amines) is 3. The van der Waals surface area contributed by atoms with E-state index in [2.05, 4.69) is 56.2 Å². The lowest BCUT2D eigenvalue weighted by atomic mass is 9.61. The van der Waals surface area contributed by atoms with Gasteiger partial charge in [0.15, 0.2) is 0 Å². The second-order valence-corrected chi connectivity index (χ2v) is 13.9. The molecule has 0 atom stereocenters. The summed E-state index contributed by atoms with van der Waals surface area (Å²) >= 11 is 0. The van der Waals surface area contributed by atoms with Crippen LogP contribution in [0.25, 0.3) is 0 Å². The van der Waals surface area contributed by atoms with Gasteiger partial charge in [-0.2, -0.15) is 0 Å². The van der Waals surface area contributed by atoms with Crippen molar-refractivity contribution in [1.29, 1.82) is 0 Å². The van der Waals surface area contributed by atoms with Gasteiger partial charge in [0.25, 0.3) is 0 Å². The van der Waals surface area contributed by atoms with E-state index in [0.29, 0.717) is 17.1 Å². The Morgan fingerprint density at radius 2 is 1.16 bits per heavy atom. The van der Waals surface area contributed by atoms with Crippen molar-refractivity contribution in [1.82, 2.24) is 14.7 Å². The van der Waals surface area contributed by atoms with E-state index < -0.39 is 0 Å². The summed E-state index contributed by atoms with van der Waals surface area (Å²) in [6.07, 6.45) is 11.6. The lowest BCUT2D eigenvalue weighted by Crippen LogP contribution is -2.52. The number of hydrogen-bond acceptors (Lipinski definition) is 4. The molecule has 3 heterocycles. The van der Waals surface area contributed by atoms with Crippen LogP contribution < -0.4 is 0 Å². The van der Waals surface area contributed by atoms with Crippen molar-refractivity contribution in [3.8, 4) is 0 Å². The molecule has 3 aliphatic heterocycles. The molecule has 3 saturated heterocycles. The smallest absolute Gasteiger partial charge is 0.0602 e. The fourth-order valence-corrected chi connectivity index (χ4v) is 6.98. The number of rotatable bonds is 5. The largest absolute Gasteiger partial charge is 0.373 e. The summed E-state index contributed by atoms with van der Waals surface area (Å²) in [6, 6.07) is 0. The third-order valence-corrected chi connectivity index (χ3v) is 9.06. The van der Waals surface area contributed by atoms with Crippen molar-refractivity contribution in [2.75, 3.05) is 52.4 Å². The summed E-state index contributed by atoms with van der Waals surface area (Å²) < 4.78 is 6.21. The number of ether oxygens (including phenoxy) is 1. The van der Waals surface area contributed by atoms with Gasteiger partial charge in [-0.1, -0.05) is 0 Å². The van der Waals surface area contributed by atoms with Crippen LogP contribution >= 0.6 is 0 Å². The maximum absolute atomic E-state index is 6.21. The Balaban J connectivity index is 1.09. The summed E-state index contributed by atoms with van der Waals surface area (Å²) in [7, 11) is 0. The highest BCUT2D eigenvalue weighted by molar-refractivity contribution is 4.99. The van der Waals surface area contributed by atoms with E-state index in [4.69, 9.17) is 4.74 Å². The van der Waals surface area contributed by atoms with Crippen LogP contribution in [0.1, 0.15) is 92.9 Å². The van der Waals surface area contributed by atoms with Crippen molar-refractivity contribution in [3.63, 3.8) is 0 Å². The third-order valence-electron chi connectivity index (χ3n) is 9.06. The van der Waals surface area contributed by atoms with Crippen molar-refractivity contribution in [2.45, 2.75) is 110 Å².